The van der Waals surface area contributed by atoms with Crippen LogP contribution in [0.15, 0.2) is 24.5 Å². The van der Waals surface area contributed by atoms with Crippen LogP contribution in [0.2, 0.25) is 0 Å². The molecule has 7 heteroatoms. The fourth-order valence-electron chi connectivity index (χ4n) is 1.73. The van der Waals surface area contributed by atoms with Crippen molar-refractivity contribution in [1.82, 2.24) is 9.29 Å². The van der Waals surface area contributed by atoms with E-state index in [0.29, 0.717) is 32.1 Å². The summed E-state index contributed by atoms with van der Waals surface area (Å²) in [7, 11) is -3.22. The molecular formula is C11H16N2O4S. The van der Waals surface area contributed by atoms with Gasteiger partial charge < -0.3 is 9.47 Å². The van der Waals surface area contributed by atoms with Crippen molar-refractivity contribution in [1.29, 1.82) is 0 Å². The van der Waals surface area contributed by atoms with E-state index in [9.17, 15) is 8.42 Å². The zero-order valence-electron chi connectivity index (χ0n) is 10.2. The highest BCUT2D eigenvalue weighted by Crippen LogP contribution is 2.13. The normalized spacial score (nSPS) is 22.4. The summed E-state index contributed by atoms with van der Waals surface area (Å²) in [6.45, 7) is 1.43. The summed E-state index contributed by atoms with van der Waals surface area (Å²) in [5.41, 5.74) is 0. The van der Waals surface area contributed by atoms with Crippen molar-refractivity contribution in [3.05, 3.63) is 24.5 Å². The lowest BCUT2D eigenvalue weighted by Gasteiger charge is -2.21. The molecule has 18 heavy (non-hydrogen) atoms. The summed E-state index contributed by atoms with van der Waals surface area (Å²) in [6, 6.07) is 3.55. The monoisotopic (exact) mass is 272 g/mol. The molecule has 1 fully saturated rings. The van der Waals surface area contributed by atoms with Gasteiger partial charge in [-0.1, -0.05) is 0 Å². The molecule has 2 heterocycles. The Morgan fingerprint density at radius 2 is 2.39 bits per heavy atom. The minimum atomic E-state index is -3.22. The van der Waals surface area contributed by atoms with Gasteiger partial charge in [-0.15, -0.1) is 0 Å². The van der Waals surface area contributed by atoms with Crippen molar-refractivity contribution in [3.63, 3.8) is 0 Å². The fourth-order valence-corrected chi connectivity index (χ4v) is 2.58. The Bertz CT molecular complexity index is 477. The number of sulfonamides is 1. The SMILES string of the molecule is CS(=O)(=O)N1CCOCC(Oc2cccnc2)C1. The van der Waals surface area contributed by atoms with Crippen LogP contribution in [-0.4, -0.2) is 56.4 Å². The first kappa shape index (κ1) is 13.3. The van der Waals surface area contributed by atoms with Gasteiger partial charge in [0.2, 0.25) is 10.0 Å². The highest BCUT2D eigenvalue weighted by atomic mass is 32.2. The van der Waals surface area contributed by atoms with Crippen LogP contribution in [-0.2, 0) is 14.8 Å². The van der Waals surface area contributed by atoms with Crippen molar-refractivity contribution >= 4 is 10.0 Å². The molecule has 0 aliphatic carbocycles. The molecule has 0 N–H and O–H groups in total. The van der Waals surface area contributed by atoms with Crippen LogP contribution in [0.1, 0.15) is 0 Å². The van der Waals surface area contributed by atoms with Gasteiger partial charge in [-0.3, -0.25) is 4.98 Å². The minimum absolute atomic E-state index is 0.299. The van der Waals surface area contributed by atoms with Crippen LogP contribution in [0.4, 0.5) is 0 Å². The molecule has 0 spiro atoms. The number of pyridine rings is 1. The maximum Gasteiger partial charge on any atom is 0.211 e. The Morgan fingerprint density at radius 1 is 1.56 bits per heavy atom. The van der Waals surface area contributed by atoms with E-state index in [0.717, 1.165) is 0 Å². The van der Waals surface area contributed by atoms with Crippen molar-refractivity contribution < 1.29 is 17.9 Å². The number of hydrogen-bond acceptors (Lipinski definition) is 5. The molecule has 0 bridgehead atoms. The Morgan fingerprint density at radius 3 is 3.06 bits per heavy atom. The number of aromatic nitrogens is 1. The molecular weight excluding hydrogens is 256 g/mol. The van der Waals surface area contributed by atoms with Crippen LogP contribution >= 0.6 is 0 Å². The largest absolute Gasteiger partial charge is 0.485 e. The third-order valence-electron chi connectivity index (χ3n) is 2.60. The first-order valence-corrected chi connectivity index (χ1v) is 7.50. The van der Waals surface area contributed by atoms with Gasteiger partial charge in [0.25, 0.3) is 0 Å². The zero-order valence-corrected chi connectivity index (χ0v) is 11.0. The van der Waals surface area contributed by atoms with Gasteiger partial charge in [0.15, 0.2) is 0 Å². The molecule has 1 saturated heterocycles. The molecule has 100 valence electrons. The standard InChI is InChI=1S/C11H16N2O4S/c1-18(14,15)13-5-6-16-9-11(8-13)17-10-3-2-4-12-7-10/h2-4,7,11H,5-6,8-9H2,1H3. The van der Waals surface area contributed by atoms with E-state index < -0.39 is 10.0 Å². The summed E-state index contributed by atoms with van der Waals surface area (Å²) in [5, 5.41) is 0. The summed E-state index contributed by atoms with van der Waals surface area (Å²) in [6.07, 6.45) is 4.13. The number of ether oxygens (including phenoxy) is 2. The quantitative estimate of drug-likeness (QED) is 0.782. The van der Waals surface area contributed by atoms with Gasteiger partial charge in [-0.05, 0) is 12.1 Å². The van der Waals surface area contributed by atoms with Crippen LogP contribution in [0, 0.1) is 0 Å². The number of rotatable bonds is 3. The van der Waals surface area contributed by atoms with E-state index in [2.05, 4.69) is 4.98 Å². The van der Waals surface area contributed by atoms with E-state index >= 15 is 0 Å². The molecule has 0 saturated carbocycles. The van der Waals surface area contributed by atoms with E-state index in [4.69, 9.17) is 9.47 Å². The van der Waals surface area contributed by atoms with Gasteiger partial charge in [0.1, 0.15) is 11.9 Å². The lowest BCUT2D eigenvalue weighted by molar-refractivity contribution is 0.0721. The zero-order chi connectivity index (χ0) is 13.0. The van der Waals surface area contributed by atoms with E-state index in [1.807, 2.05) is 0 Å². The maximum atomic E-state index is 11.5. The van der Waals surface area contributed by atoms with Gasteiger partial charge >= 0.3 is 0 Å². The average molecular weight is 272 g/mol. The highest BCUT2D eigenvalue weighted by Gasteiger charge is 2.25. The van der Waals surface area contributed by atoms with Crippen LogP contribution in [0.5, 0.6) is 5.75 Å². The second-order valence-electron chi connectivity index (χ2n) is 4.12. The smallest absolute Gasteiger partial charge is 0.211 e. The van der Waals surface area contributed by atoms with Crippen molar-refractivity contribution in [3.8, 4) is 5.75 Å². The molecule has 1 aromatic heterocycles. The van der Waals surface area contributed by atoms with Crippen LogP contribution in [0.25, 0.3) is 0 Å². The molecule has 1 aliphatic heterocycles. The van der Waals surface area contributed by atoms with E-state index in [-0.39, 0.29) is 6.10 Å². The lowest BCUT2D eigenvalue weighted by atomic mass is 10.3. The van der Waals surface area contributed by atoms with Crippen molar-refractivity contribution in [2.75, 3.05) is 32.6 Å². The van der Waals surface area contributed by atoms with Crippen molar-refractivity contribution in [2.24, 2.45) is 0 Å². The first-order valence-electron chi connectivity index (χ1n) is 5.65. The molecule has 0 amide bonds. The number of hydrogen-bond donors (Lipinski definition) is 0. The Labute approximate surface area is 107 Å². The molecule has 1 aliphatic rings. The molecule has 1 atom stereocenters. The third-order valence-corrected chi connectivity index (χ3v) is 3.87. The van der Waals surface area contributed by atoms with Crippen LogP contribution < -0.4 is 4.74 Å². The molecule has 1 aromatic rings. The third kappa shape index (κ3) is 3.66. The van der Waals surface area contributed by atoms with Crippen LogP contribution in [0.3, 0.4) is 0 Å². The first-order chi connectivity index (χ1) is 8.55. The molecule has 1 unspecified atom stereocenters. The summed E-state index contributed by atoms with van der Waals surface area (Å²) >= 11 is 0. The Hall–Kier alpha value is -1.18. The lowest BCUT2D eigenvalue weighted by Crippen LogP contribution is -2.39. The molecule has 0 radical (unpaired) electrons. The van der Waals surface area contributed by atoms with Crippen molar-refractivity contribution in [2.45, 2.75) is 6.10 Å². The second-order valence-corrected chi connectivity index (χ2v) is 6.11. The minimum Gasteiger partial charge on any atom is -0.485 e. The highest BCUT2D eigenvalue weighted by molar-refractivity contribution is 7.88. The van der Waals surface area contributed by atoms with Gasteiger partial charge in [-0.25, -0.2) is 8.42 Å². The Kier molecular flexibility index (Phi) is 4.15. The topological polar surface area (TPSA) is 68.7 Å². The predicted octanol–water partition coefficient (Wildman–Crippen LogP) is 0.121. The summed E-state index contributed by atoms with van der Waals surface area (Å²) in [4.78, 5) is 3.94. The molecule has 6 nitrogen and oxygen atoms in total. The summed E-state index contributed by atoms with van der Waals surface area (Å²) < 4.78 is 35.5. The van der Waals surface area contributed by atoms with Gasteiger partial charge in [-0.2, -0.15) is 4.31 Å². The summed E-state index contributed by atoms with van der Waals surface area (Å²) in [5.74, 6) is 0.612. The predicted molar refractivity (Wildman–Crippen MR) is 65.9 cm³/mol. The molecule has 0 aromatic carbocycles. The average Bonchev–Trinajstić information content (AvgIpc) is 2.55. The second kappa shape index (κ2) is 5.64. The molecule has 2 rings (SSSR count). The maximum absolute atomic E-state index is 11.5. The Balaban J connectivity index is 2.04. The van der Waals surface area contributed by atoms with Gasteiger partial charge in [0.05, 0.1) is 32.2 Å². The fraction of sp³-hybridized carbons (Fsp3) is 0.545. The van der Waals surface area contributed by atoms with E-state index in [1.165, 1.54) is 10.6 Å². The van der Waals surface area contributed by atoms with E-state index in [1.54, 1.807) is 24.5 Å². The van der Waals surface area contributed by atoms with Gasteiger partial charge in [0, 0.05) is 12.7 Å². The number of nitrogens with zero attached hydrogens (tertiary/aromatic N) is 2.